The molecule has 76 valence electrons. The number of aldehydes is 1. The fourth-order valence-electron chi connectivity index (χ4n) is 1.33. The minimum Gasteiger partial charge on any atom is -0.296 e. The molecular formula is C11H11N3O. The van der Waals surface area contributed by atoms with E-state index in [2.05, 4.69) is 10.3 Å². The second-order valence-electron chi connectivity index (χ2n) is 3.44. The molecule has 0 saturated heterocycles. The first kappa shape index (κ1) is 9.58. The van der Waals surface area contributed by atoms with Crippen molar-refractivity contribution < 1.29 is 4.79 Å². The summed E-state index contributed by atoms with van der Waals surface area (Å²) < 4.78 is 1.65. The van der Waals surface area contributed by atoms with E-state index in [0.29, 0.717) is 18.5 Å². The van der Waals surface area contributed by atoms with Gasteiger partial charge in [-0.1, -0.05) is 35.0 Å². The molecule has 0 unspecified atom stereocenters. The van der Waals surface area contributed by atoms with Crippen LogP contribution in [0.1, 0.15) is 21.6 Å². The molecule has 0 saturated carbocycles. The van der Waals surface area contributed by atoms with Crippen molar-refractivity contribution in [1.82, 2.24) is 15.0 Å². The third kappa shape index (κ3) is 2.28. The van der Waals surface area contributed by atoms with Gasteiger partial charge in [-0.2, -0.15) is 0 Å². The highest BCUT2D eigenvalue weighted by Gasteiger charge is 1.99. The fraction of sp³-hybridized carbons (Fsp3) is 0.182. The second-order valence-corrected chi connectivity index (χ2v) is 3.44. The molecule has 0 aliphatic rings. The van der Waals surface area contributed by atoms with Gasteiger partial charge in [0.05, 0.1) is 12.7 Å². The van der Waals surface area contributed by atoms with Crippen molar-refractivity contribution in [2.75, 3.05) is 0 Å². The Morgan fingerprint density at radius 1 is 1.33 bits per heavy atom. The SMILES string of the molecule is Cc1ccc(Cn2cc(C=O)nn2)cc1. The van der Waals surface area contributed by atoms with Crippen molar-refractivity contribution in [3.8, 4) is 0 Å². The van der Waals surface area contributed by atoms with Gasteiger partial charge in [-0.3, -0.25) is 4.79 Å². The summed E-state index contributed by atoms with van der Waals surface area (Å²) in [7, 11) is 0. The minimum atomic E-state index is 0.363. The lowest BCUT2D eigenvalue weighted by Crippen LogP contribution is -2.00. The molecule has 0 bridgehead atoms. The van der Waals surface area contributed by atoms with Gasteiger partial charge in [-0.15, -0.1) is 5.10 Å². The summed E-state index contributed by atoms with van der Waals surface area (Å²) in [6.07, 6.45) is 2.32. The maximum absolute atomic E-state index is 10.4. The predicted octanol–water partition coefficient (Wildman–Crippen LogP) is 1.45. The van der Waals surface area contributed by atoms with Crippen LogP contribution in [0.4, 0.5) is 0 Å². The van der Waals surface area contributed by atoms with E-state index in [4.69, 9.17) is 0 Å². The van der Waals surface area contributed by atoms with Gasteiger partial charge in [0, 0.05) is 0 Å². The van der Waals surface area contributed by atoms with Gasteiger partial charge >= 0.3 is 0 Å². The molecule has 0 radical (unpaired) electrons. The number of carbonyl (C=O) groups is 1. The monoisotopic (exact) mass is 201 g/mol. The third-order valence-corrected chi connectivity index (χ3v) is 2.14. The number of hydrogen-bond donors (Lipinski definition) is 0. The Bertz CT molecular complexity index is 459. The molecule has 0 atom stereocenters. The molecule has 0 spiro atoms. The van der Waals surface area contributed by atoms with E-state index in [1.807, 2.05) is 31.2 Å². The Kier molecular flexibility index (Phi) is 2.58. The van der Waals surface area contributed by atoms with Crippen LogP contribution < -0.4 is 0 Å². The number of aryl methyl sites for hydroxylation is 1. The molecule has 0 aliphatic heterocycles. The summed E-state index contributed by atoms with van der Waals surface area (Å²) in [4.78, 5) is 10.4. The number of rotatable bonds is 3. The van der Waals surface area contributed by atoms with E-state index in [0.717, 1.165) is 5.56 Å². The van der Waals surface area contributed by atoms with Crippen molar-refractivity contribution in [2.45, 2.75) is 13.5 Å². The molecule has 15 heavy (non-hydrogen) atoms. The maximum Gasteiger partial charge on any atom is 0.171 e. The molecule has 4 heteroatoms. The highest BCUT2D eigenvalue weighted by atomic mass is 16.1. The molecule has 0 aliphatic carbocycles. The molecule has 2 rings (SSSR count). The first-order valence-corrected chi connectivity index (χ1v) is 4.69. The fourth-order valence-corrected chi connectivity index (χ4v) is 1.33. The van der Waals surface area contributed by atoms with E-state index in [1.54, 1.807) is 10.9 Å². The molecule has 2 aromatic rings. The number of nitrogens with zero attached hydrogens (tertiary/aromatic N) is 3. The average Bonchev–Trinajstić information content (AvgIpc) is 2.69. The zero-order valence-corrected chi connectivity index (χ0v) is 8.42. The summed E-state index contributed by atoms with van der Waals surface area (Å²) >= 11 is 0. The van der Waals surface area contributed by atoms with Crippen LogP contribution in [0.25, 0.3) is 0 Å². The van der Waals surface area contributed by atoms with Crippen LogP contribution in [0.5, 0.6) is 0 Å². The molecule has 0 N–H and O–H groups in total. The largest absolute Gasteiger partial charge is 0.296 e. The van der Waals surface area contributed by atoms with E-state index in [9.17, 15) is 4.79 Å². The van der Waals surface area contributed by atoms with Crippen LogP contribution in [0.2, 0.25) is 0 Å². The van der Waals surface area contributed by atoms with Crippen molar-refractivity contribution in [3.05, 3.63) is 47.3 Å². The normalized spacial score (nSPS) is 10.2. The number of carbonyl (C=O) groups excluding carboxylic acids is 1. The van der Waals surface area contributed by atoms with Gasteiger partial charge < -0.3 is 0 Å². The first-order valence-electron chi connectivity index (χ1n) is 4.69. The zero-order chi connectivity index (χ0) is 10.7. The first-order chi connectivity index (χ1) is 7.28. The topological polar surface area (TPSA) is 47.8 Å². The molecule has 1 aromatic carbocycles. The Morgan fingerprint density at radius 3 is 2.67 bits per heavy atom. The number of aromatic nitrogens is 3. The van der Waals surface area contributed by atoms with Gasteiger partial charge in [0.15, 0.2) is 6.29 Å². The van der Waals surface area contributed by atoms with E-state index in [-0.39, 0.29) is 0 Å². The van der Waals surface area contributed by atoms with Crippen molar-refractivity contribution in [3.63, 3.8) is 0 Å². The summed E-state index contributed by atoms with van der Waals surface area (Å²) in [5.41, 5.74) is 2.73. The van der Waals surface area contributed by atoms with Gasteiger partial charge in [0.1, 0.15) is 5.69 Å². The van der Waals surface area contributed by atoms with Crippen LogP contribution in [-0.2, 0) is 6.54 Å². The molecule has 0 amide bonds. The van der Waals surface area contributed by atoms with Crippen LogP contribution in [0, 0.1) is 6.92 Å². The Hall–Kier alpha value is -1.97. The summed E-state index contributed by atoms with van der Waals surface area (Å²) in [6, 6.07) is 8.18. The Labute approximate surface area is 87.5 Å². The summed E-state index contributed by atoms with van der Waals surface area (Å²) in [5.74, 6) is 0. The van der Waals surface area contributed by atoms with E-state index in [1.165, 1.54) is 5.56 Å². The smallest absolute Gasteiger partial charge is 0.171 e. The molecular weight excluding hydrogens is 190 g/mol. The molecule has 1 heterocycles. The lowest BCUT2D eigenvalue weighted by Gasteiger charge is -2.00. The molecule has 0 fully saturated rings. The van der Waals surface area contributed by atoms with E-state index < -0.39 is 0 Å². The average molecular weight is 201 g/mol. The number of benzene rings is 1. The van der Waals surface area contributed by atoms with Gasteiger partial charge in [0.25, 0.3) is 0 Å². The van der Waals surface area contributed by atoms with Crippen LogP contribution >= 0.6 is 0 Å². The van der Waals surface area contributed by atoms with Crippen LogP contribution in [0.3, 0.4) is 0 Å². The maximum atomic E-state index is 10.4. The highest BCUT2D eigenvalue weighted by molar-refractivity contribution is 5.70. The molecule has 1 aromatic heterocycles. The quantitative estimate of drug-likeness (QED) is 0.706. The zero-order valence-electron chi connectivity index (χ0n) is 8.42. The number of hydrogen-bond acceptors (Lipinski definition) is 3. The minimum absolute atomic E-state index is 0.363. The second kappa shape index (κ2) is 4.04. The third-order valence-electron chi connectivity index (χ3n) is 2.14. The standard InChI is InChI=1S/C11H11N3O/c1-9-2-4-10(5-3-9)6-14-7-11(8-15)12-13-14/h2-5,7-8H,6H2,1H3. The Morgan fingerprint density at radius 2 is 2.07 bits per heavy atom. The molecule has 4 nitrogen and oxygen atoms in total. The lowest BCUT2D eigenvalue weighted by molar-refractivity contribution is 0.111. The summed E-state index contributed by atoms with van der Waals surface area (Å²) in [6.45, 7) is 2.69. The summed E-state index contributed by atoms with van der Waals surface area (Å²) in [5, 5.41) is 7.53. The Balaban J connectivity index is 2.14. The van der Waals surface area contributed by atoms with E-state index >= 15 is 0 Å². The van der Waals surface area contributed by atoms with Crippen molar-refractivity contribution in [1.29, 1.82) is 0 Å². The van der Waals surface area contributed by atoms with Gasteiger partial charge in [-0.25, -0.2) is 4.68 Å². The van der Waals surface area contributed by atoms with Gasteiger partial charge in [-0.05, 0) is 12.5 Å². The highest BCUT2D eigenvalue weighted by Crippen LogP contribution is 2.04. The van der Waals surface area contributed by atoms with Crippen LogP contribution in [-0.4, -0.2) is 21.3 Å². The predicted molar refractivity (Wildman–Crippen MR) is 55.7 cm³/mol. The van der Waals surface area contributed by atoms with Crippen molar-refractivity contribution in [2.24, 2.45) is 0 Å². The van der Waals surface area contributed by atoms with Crippen molar-refractivity contribution >= 4 is 6.29 Å². The van der Waals surface area contributed by atoms with Gasteiger partial charge in [0.2, 0.25) is 0 Å². The lowest BCUT2D eigenvalue weighted by atomic mass is 10.1. The van der Waals surface area contributed by atoms with Crippen LogP contribution in [0.15, 0.2) is 30.5 Å².